The quantitative estimate of drug-likeness (QED) is 0.616. The number of rotatable bonds is 8. The summed E-state index contributed by atoms with van der Waals surface area (Å²) in [6.07, 6.45) is 3.00. The molecule has 2 amide bonds. The molecule has 2 aromatic rings. The highest BCUT2D eigenvalue weighted by atomic mass is 32.2. The third kappa shape index (κ3) is 6.33. The number of carbonyl (C=O) groups excluding carboxylic acids is 2. The number of piperidine rings is 1. The highest BCUT2D eigenvalue weighted by Gasteiger charge is 2.26. The van der Waals surface area contributed by atoms with Crippen LogP contribution in [-0.4, -0.2) is 63.2 Å². The predicted octanol–water partition coefficient (Wildman–Crippen LogP) is 2.85. The van der Waals surface area contributed by atoms with E-state index in [2.05, 4.69) is 10.6 Å². The minimum absolute atomic E-state index is 0.0181. The first-order valence-corrected chi connectivity index (χ1v) is 12.5. The first-order valence-electron chi connectivity index (χ1n) is 11.1. The third-order valence-electron chi connectivity index (χ3n) is 5.73. The van der Waals surface area contributed by atoms with Gasteiger partial charge in [0.15, 0.2) is 0 Å². The molecular formula is C24H32N4O4S. The lowest BCUT2D eigenvalue weighted by molar-refractivity contribution is -0.127. The van der Waals surface area contributed by atoms with Crippen molar-refractivity contribution in [3.63, 3.8) is 0 Å². The van der Waals surface area contributed by atoms with E-state index in [9.17, 15) is 18.0 Å². The van der Waals surface area contributed by atoms with E-state index in [0.717, 1.165) is 30.4 Å². The van der Waals surface area contributed by atoms with Gasteiger partial charge in [-0.3, -0.25) is 9.59 Å². The third-order valence-corrected chi connectivity index (χ3v) is 7.63. The number of carbonyl (C=O) groups is 2. The fourth-order valence-corrected chi connectivity index (χ4v) is 5.23. The summed E-state index contributed by atoms with van der Waals surface area (Å²) in [6, 6.07) is 12.2. The zero-order valence-corrected chi connectivity index (χ0v) is 20.2. The Bertz CT molecular complexity index is 1110. The maximum atomic E-state index is 13.0. The van der Waals surface area contributed by atoms with Crippen molar-refractivity contribution < 1.29 is 18.0 Å². The van der Waals surface area contributed by atoms with E-state index >= 15 is 0 Å². The monoisotopic (exact) mass is 472 g/mol. The molecule has 9 heteroatoms. The van der Waals surface area contributed by atoms with Crippen molar-refractivity contribution in [3.05, 3.63) is 53.6 Å². The molecule has 1 saturated heterocycles. The average molecular weight is 473 g/mol. The van der Waals surface area contributed by atoms with E-state index in [0.29, 0.717) is 24.5 Å². The van der Waals surface area contributed by atoms with Gasteiger partial charge in [0.05, 0.1) is 17.9 Å². The van der Waals surface area contributed by atoms with Crippen LogP contribution in [0.1, 0.15) is 30.4 Å². The summed E-state index contributed by atoms with van der Waals surface area (Å²) in [4.78, 5) is 26.4. The van der Waals surface area contributed by atoms with Crippen molar-refractivity contribution in [2.45, 2.75) is 37.5 Å². The van der Waals surface area contributed by atoms with Gasteiger partial charge in [-0.25, -0.2) is 8.42 Å². The largest absolute Gasteiger partial charge is 0.376 e. The van der Waals surface area contributed by atoms with Crippen LogP contribution in [0.5, 0.6) is 0 Å². The molecular weight excluding hydrogens is 440 g/mol. The van der Waals surface area contributed by atoms with Gasteiger partial charge in [0.2, 0.25) is 21.8 Å². The van der Waals surface area contributed by atoms with Crippen LogP contribution in [-0.2, 0) is 26.0 Å². The molecule has 0 saturated carbocycles. The van der Waals surface area contributed by atoms with Gasteiger partial charge in [0.1, 0.15) is 0 Å². The number of nitrogens with zero attached hydrogens (tertiary/aromatic N) is 2. The minimum Gasteiger partial charge on any atom is -0.376 e. The molecule has 0 aromatic heterocycles. The molecule has 2 N–H and O–H groups in total. The molecule has 1 aliphatic heterocycles. The van der Waals surface area contributed by atoms with Crippen LogP contribution in [0.3, 0.4) is 0 Å². The van der Waals surface area contributed by atoms with Crippen LogP contribution in [0.2, 0.25) is 0 Å². The fourth-order valence-electron chi connectivity index (χ4n) is 3.69. The lowest BCUT2D eigenvalue weighted by Gasteiger charge is -2.26. The number of hydrogen-bond donors (Lipinski definition) is 2. The minimum atomic E-state index is -3.59. The molecule has 0 radical (unpaired) electrons. The van der Waals surface area contributed by atoms with E-state index in [1.54, 1.807) is 26.2 Å². The smallest absolute Gasteiger partial charge is 0.243 e. The van der Waals surface area contributed by atoms with Crippen LogP contribution in [0, 0.1) is 6.92 Å². The molecule has 178 valence electrons. The molecule has 0 unspecified atom stereocenters. The molecule has 33 heavy (non-hydrogen) atoms. The maximum Gasteiger partial charge on any atom is 0.243 e. The van der Waals surface area contributed by atoms with Crippen molar-refractivity contribution in [2.24, 2.45) is 0 Å². The molecule has 0 aliphatic carbocycles. The van der Waals surface area contributed by atoms with Crippen LogP contribution in [0.25, 0.3) is 0 Å². The second-order valence-corrected chi connectivity index (χ2v) is 10.4. The number of sulfonamides is 1. The first kappa shape index (κ1) is 24.7. The van der Waals surface area contributed by atoms with Crippen molar-refractivity contribution in [1.29, 1.82) is 0 Å². The van der Waals surface area contributed by atoms with Crippen LogP contribution in [0.15, 0.2) is 47.4 Å². The van der Waals surface area contributed by atoms with Gasteiger partial charge in [0.25, 0.3) is 0 Å². The zero-order chi connectivity index (χ0) is 24.0. The van der Waals surface area contributed by atoms with Crippen LogP contribution in [0.4, 0.5) is 11.4 Å². The molecule has 3 rings (SSSR count). The van der Waals surface area contributed by atoms with Gasteiger partial charge in [-0.1, -0.05) is 30.7 Å². The standard InChI is InChI=1S/C24H32N4O4S/c1-18-11-12-20(33(31,32)28-13-7-4-8-14-28)16-22(18)26-23(29)17-25-21-10-6-5-9-19(21)15-24(30)27(2)3/h5-6,9-12,16,25H,4,7-8,13-15,17H2,1-3H3,(H,26,29). The van der Waals surface area contributed by atoms with Crippen molar-refractivity contribution in [3.8, 4) is 0 Å². The van der Waals surface area contributed by atoms with E-state index in [1.165, 1.54) is 15.3 Å². The average Bonchev–Trinajstić information content (AvgIpc) is 2.80. The molecule has 2 aromatic carbocycles. The summed E-state index contributed by atoms with van der Waals surface area (Å²) in [5, 5.41) is 5.90. The van der Waals surface area contributed by atoms with Gasteiger partial charge in [-0.2, -0.15) is 4.31 Å². The summed E-state index contributed by atoms with van der Waals surface area (Å²) in [7, 11) is -0.182. The number of aryl methyl sites for hydroxylation is 1. The van der Waals surface area contributed by atoms with E-state index in [1.807, 2.05) is 31.2 Å². The van der Waals surface area contributed by atoms with Crippen LogP contribution >= 0.6 is 0 Å². The number of anilines is 2. The van der Waals surface area contributed by atoms with Gasteiger partial charge >= 0.3 is 0 Å². The fraction of sp³-hybridized carbons (Fsp3) is 0.417. The molecule has 1 aliphatic rings. The van der Waals surface area contributed by atoms with Gasteiger partial charge in [-0.05, 0) is 49.1 Å². The highest BCUT2D eigenvalue weighted by Crippen LogP contribution is 2.25. The molecule has 0 atom stereocenters. The summed E-state index contributed by atoms with van der Waals surface area (Å²) >= 11 is 0. The highest BCUT2D eigenvalue weighted by molar-refractivity contribution is 7.89. The van der Waals surface area contributed by atoms with Gasteiger partial charge in [-0.15, -0.1) is 0 Å². The van der Waals surface area contributed by atoms with E-state index in [4.69, 9.17) is 0 Å². The number of hydrogen-bond acceptors (Lipinski definition) is 5. The molecule has 1 heterocycles. The predicted molar refractivity (Wildman–Crippen MR) is 130 cm³/mol. The Hall–Kier alpha value is -2.91. The Labute approximate surface area is 196 Å². The van der Waals surface area contributed by atoms with E-state index < -0.39 is 10.0 Å². The second kappa shape index (κ2) is 10.8. The normalized spacial score (nSPS) is 14.5. The van der Waals surface area contributed by atoms with Crippen LogP contribution < -0.4 is 10.6 Å². The number of amides is 2. The lowest BCUT2D eigenvalue weighted by atomic mass is 10.1. The lowest BCUT2D eigenvalue weighted by Crippen LogP contribution is -2.35. The van der Waals surface area contributed by atoms with Gasteiger partial charge in [0, 0.05) is 38.6 Å². The number of likely N-dealkylation sites (N-methyl/N-ethyl adjacent to an activating group) is 1. The van der Waals surface area contributed by atoms with Crippen molar-refractivity contribution in [2.75, 3.05) is 44.4 Å². The van der Waals surface area contributed by atoms with Gasteiger partial charge < -0.3 is 15.5 Å². The van der Waals surface area contributed by atoms with Crippen molar-refractivity contribution in [1.82, 2.24) is 9.21 Å². The maximum absolute atomic E-state index is 13.0. The molecule has 0 bridgehead atoms. The Balaban J connectivity index is 1.68. The topological polar surface area (TPSA) is 98.8 Å². The van der Waals surface area contributed by atoms with E-state index in [-0.39, 0.29) is 29.7 Å². The number of benzene rings is 2. The summed E-state index contributed by atoms with van der Waals surface area (Å²) in [5.41, 5.74) is 2.75. The summed E-state index contributed by atoms with van der Waals surface area (Å²) in [6.45, 7) is 2.85. The SMILES string of the molecule is Cc1ccc(S(=O)(=O)N2CCCCC2)cc1NC(=O)CNc1ccccc1CC(=O)N(C)C. The Kier molecular flexibility index (Phi) is 8.10. The Morgan fingerprint density at radius 2 is 1.70 bits per heavy atom. The summed E-state index contributed by atoms with van der Waals surface area (Å²) < 4.78 is 27.5. The number of para-hydroxylation sites is 1. The Morgan fingerprint density at radius 1 is 1.00 bits per heavy atom. The Morgan fingerprint density at radius 3 is 2.39 bits per heavy atom. The second-order valence-electron chi connectivity index (χ2n) is 8.47. The number of nitrogens with one attached hydrogen (secondary N) is 2. The first-order chi connectivity index (χ1) is 15.7. The molecule has 8 nitrogen and oxygen atoms in total. The zero-order valence-electron chi connectivity index (χ0n) is 19.4. The summed E-state index contributed by atoms with van der Waals surface area (Å²) in [5.74, 6) is -0.338. The van der Waals surface area contributed by atoms with Crippen molar-refractivity contribution >= 4 is 33.2 Å². The molecule has 1 fully saturated rings. The molecule has 0 spiro atoms.